The highest BCUT2D eigenvalue weighted by molar-refractivity contribution is 5.94. The van der Waals surface area contributed by atoms with E-state index in [4.69, 9.17) is 0 Å². The number of rotatable bonds is 4. The first-order valence-electron chi connectivity index (χ1n) is 8.46. The average molecular weight is 303 g/mol. The molecule has 22 heavy (non-hydrogen) atoms. The molecule has 1 aromatic carbocycles. The predicted molar refractivity (Wildman–Crippen MR) is 90.1 cm³/mol. The van der Waals surface area contributed by atoms with Crippen LogP contribution in [0.2, 0.25) is 0 Å². The number of aliphatic hydroxyl groups is 1. The fourth-order valence-electron chi connectivity index (χ4n) is 3.23. The average Bonchev–Trinajstić information content (AvgIpc) is 2.52. The van der Waals surface area contributed by atoms with E-state index in [2.05, 4.69) is 20.8 Å². The zero-order valence-electron chi connectivity index (χ0n) is 14.1. The van der Waals surface area contributed by atoms with Crippen molar-refractivity contribution in [3.63, 3.8) is 0 Å². The molecule has 0 spiro atoms. The Morgan fingerprint density at radius 2 is 1.73 bits per heavy atom. The maximum atomic E-state index is 12.8. The van der Waals surface area contributed by atoms with Gasteiger partial charge in [0.05, 0.1) is 6.61 Å². The number of amides is 1. The van der Waals surface area contributed by atoms with Gasteiger partial charge in [-0.15, -0.1) is 0 Å². The smallest absolute Gasteiger partial charge is 0.254 e. The van der Waals surface area contributed by atoms with Crippen LogP contribution in [0.15, 0.2) is 24.3 Å². The fourth-order valence-corrected chi connectivity index (χ4v) is 3.23. The number of hydrogen-bond donors (Lipinski definition) is 1. The third-order valence-corrected chi connectivity index (χ3v) is 4.62. The zero-order chi connectivity index (χ0) is 16.2. The Hall–Kier alpha value is -1.35. The van der Waals surface area contributed by atoms with E-state index in [1.807, 2.05) is 29.2 Å². The first kappa shape index (κ1) is 17.0. The Kier molecular flexibility index (Phi) is 5.63. The second kappa shape index (κ2) is 7.28. The van der Waals surface area contributed by atoms with Crippen molar-refractivity contribution in [1.29, 1.82) is 0 Å². The number of benzene rings is 1. The standard InChI is InChI=1S/C19H29NO2/c1-19(2,3)16-11-9-15(10-12-16)18(22)20(13-14-21)17-7-5-4-6-8-17/h9-12,17,21H,4-8,13-14H2,1-3H3. The maximum absolute atomic E-state index is 12.8. The van der Waals surface area contributed by atoms with E-state index >= 15 is 0 Å². The van der Waals surface area contributed by atoms with Crippen molar-refractivity contribution in [2.75, 3.05) is 13.2 Å². The Morgan fingerprint density at radius 3 is 2.23 bits per heavy atom. The summed E-state index contributed by atoms with van der Waals surface area (Å²) in [4.78, 5) is 14.7. The molecule has 0 unspecified atom stereocenters. The molecule has 0 aliphatic heterocycles. The molecule has 3 heteroatoms. The van der Waals surface area contributed by atoms with Gasteiger partial charge < -0.3 is 10.0 Å². The predicted octanol–water partition coefficient (Wildman–Crippen LogP) is 3.75. The molecular weight excluding hydrogens is 274 g/mol. The van der Waals surface area contributed by atoms with Crippen molar-refractivity contribution in [1.82, 2.24) is 4.90 Å². The van der Waals surface area contributed by atoms with Crippen LogP contribution >= 0.6 is 0 Å². The topological polar surface area (TPSA) is 40.5 Å². The lowest BCUT2D eigenvalue weighted by molar-refractivity contribution is 0.0585. The van der Waals surface area contributed by atoms with Gasteiger partial charge in [-0.3, -0.25) is 4.79 Å². The normalized spacial score (nSPS) is 16.5. The van der Waals surface area contributed by atoms with Gasteiger partial charge in [0.15, 0.2) is 0 Å². The van der Waals surface area contributed by atoms with Gasteiger partial charge in [-0.25, -0.2) is 0 Å². The van der Waals surface area contributed by atoms with Gasteiger partial charge in [0.2, 0.25) is 0 Å². The first-order chi connectivity index (χ1) is 10.4. The summed E-state index contributed by atoms with van der Waals surface area (Å²) in [5.41, 5.74) is 2.05. The third-order valence-electron chi connectivity index (χ3n) is 4.62. The first-order valence-corrected chi connectivity index (χ1v) is 8.46. The molecule has 1 aliphatic rings. The summed E-state index contributed by atoms with van der Waals surface area (Å²) in [6.07, 6.45) is 5.75. The van der Waals surface area contributed by atoms with Gasteiger partial charge >= 0.3 is 0 Å². The molecule has 2 rings (SSSR count). The van der Waals surface area contributed by atoms with Gasteiger partial charge in [0.1, 0.15) is 0 Å². The summed E-state index contributed by atoms with van der Waals surface area (Å²) < 4.78 is 0. The lowest BCUT2D eigenvalue weighted by Crippen LogP contribution is -2.43. The zero-order valence-corrected chi connectivity index (χ0v) is 14.1. The van der Waals surface area contributed by atoms with E-state index in [1.54, 1.807) is 0 Å². The summed E-state index contributed by atoms with van der Waals surface area (Å²) in [5, 5.41) is 9.32. The van der Waals surface area contributed by atoms with Crippen molar-refractivity contribution in [2.45, 2.75) is 64.3 Å². The van der Waals surface area contributed by atoms with Crippen molar-refractivity contribution in [2.24, 2.45) is 0 Å². The number of hydrogen-bond acceptors (Lipinski definition) is 2. The van der Waals surface area contributed by atoms with Crippen LogP contribution in [0.4, 0.5) is 0 Å². The molecule has 0 bridgehead atoms. The summed E-state index contributed by atoms with van der Waals surface area (Å²) in [6.45, 7) is 6.98. The van der Waals surface area contributed by atoms with Crippen LogP contribution in [0.3, 0.4) is 0 Å². The molecule has 1 saturated carbocycles. The molecule has 3 nitrogen and oxygen atoms in total. The van der Waals surface area contributed by atoms with Crippen molar-refractivity contribution in [3.05, 3.63) is 35.4 Å². The quantitative estimate of drug-likeness (QED) is 0.920. The maximum Gasteiger partial charge on any atom is 0.254 e. The molecule has 0 atom stereocenters. The SMILES string of the molecule is CC(C)(C)c1ccc(C(=O)N(CCO)C2CCCCC2)cc1. The summed E-state index contributed by atoms with van der Waals surface area (Å²) in [6, 6.07) is 8.23. The Balaban J connectivity index is 2.15. The van der Waals surface area contributed by atoms with Crippen LogP contribution in [-0.2, 0) is 5.41 Å². The van der Waals surface area contributed by atoms with Crippen LogP contribution in [-0.4, -0.2) is 35.1 Å². The molecule has 0 radical (unpaired) electrons. The molecule has 1 aliphatic carbocycles. The molecule has 0 aromatic heterocycles. The fraction of sp³-hybridized carbons (Fsp3) is 0.632. The molecule has 0 saturated heterocycles. The second-order valence-corrected chi connectivity index (χ2v) is 7.34. The van der Waals surface area contributed by atoms with E-state index < -0.39 is 0 Å². The molecule has 1 N–H and O–H groups in total. The van der Waals surface area contributed by atoms with Gasteiger partial charge in [0.25, 0.3) is 5.91 Å². The van der Waals surface area contributed by atoms with Crippen LogP contribution in [0.25, 0.3) is 0 Å². The van der Waals surface area contributed by atoms with Crippen molar-refractivity contribution < 1.29 is 9.90 Å². The molecule has 0 heterocycles. The number of aliphatic hydroxyl groups excluding tert-OH is 1. The van der Waals surface area contributed by atoms with Gasteiger partial charge in [-0.1, -0.05) is 52.2 Å². The number of carbonyl (C=O) groups is 1. The van der Waals surface area contributed by atoms with E-state index in [0.29, 0.717) is 6.54 Å². The van der Waals surface area contributed by atoms with E-state index in [-0.39, 0.29) is 24.0 Å². The highest BCUT2D eigenvalue weighted by Gasteiger charge is 2.26. The molecular formula is C19H29NO2. The van der Waals surface area contributed by atoms with Gasteiger partial charge in [-0.05, 0) is 36.0 Å². The highest BCUT2D eigenvalue weighted by atomic mass is 16.3. The minimum atomic E-state index is 0.0301. The van der Waals surface area contributed by atoms with Gasteiger partial charge in [0, 0.05) is 18.2 Å². The minimum Gasteiger partial charge on any atom is -0.395 e. The largest absolute Gasteiger partial charge is 0.395 e. The minimum absolute atomic E-state index is 0.0301. The second-order valence-electron chi connectivity index (χ2n) is 7.34. The lowest BCUT2D eigenvalue weighted by Gasteiger charge is -2.34. The molecule has 122 valence electrons. The van der Waals surface area contributed by atoms with Crippen molar-refractivity contribution in [3.8, 4) is 0 Å². The molecule has 1 fully saturated rings. The Morgan fingerprint density at radius 1 is 1.14 bits per heavy atom. The number of carbonyl (C=O) groups excluding carboxylic acids is 1. The van der Waals surface area contributed by atoms with E-state index in [1.165, 1.54) is 24.8 Å². The summed E-state index contributed by atoms with van der Waals surface area (Å²) in [7, 11) is 0. The summed E-state index contributed by atoms with van der Waals surface area (Å²) in [5.74, 6) is 0.0569. The van der Waals surface area contributed by atoms with Crippen molar-refractivity contribution >= 4 is 5.91 Å². The van der Waals surface area contributed by atoms with E-state index in [9.17, 15) is 9.90 Å². The van der Waals surface area contributed by atoms with Crippen LogP contribution in [0, 0.1) is 0 Å². The van der Waals surface area contributed by atoms with E-state index in [0.717, 1.165) is 18.4 Å². The molecule has 1 aromatic rings. The summed E-state index contributed by atoms with van der Waals surface area (Å²) >= 11 is 0. The molecule has 1 amide bonds. The Bertz CT molecular complexity index is 481. The van der Waals surface area contributed by atoms with Crippen LogP contribution in [0.1, 0.15) is 68.8 Å². The Labute approximate surface area is 134 Å². The van der Waals surface area contributed by atoms with Crippen LogP contribution in [0.5, 0.6) is 0 Å². The lowest BCUT2D eigenvalue weighted by atomic mass is 9.86. The van der Waals surface area contributed by atoms with Crippen LogP contribution < -0.4 is 0 Å². The number of nitrogens with zero attached hydrogens (tertiary/aromatic N) is 1. The monoisotopic (exact) mass is 303 g/mol. The van der Waals surface area contributed by atoms with Gasteiger partial charge in [-0.2, -0.15) is 0 Å². The highest BCUT2D eigenvalue weighted by Crippen LogP contribution is 2.25. The third kappa shape index (κ3) is 4.10.